The van der Waals surface area contributed by atoms with Gasteiger partial charge in [0.1, 0.15) is 11.5 Å². The number of carbonyl (C=O) groups excluding carboxylic acids is 1. The SMILES string of the molecule is COc1cc2nccc(Oc3ccc(N(C(N)=O)c4ccc(C(C)(C)C)cc4)cc3)c2cc1OC. The monoisotopic (exact) mass is 471 g/mol. The van der Waals surface area contributed by atoms with Gasteiger partial charge in [0, 0.05) is 17.6 Å². The molecule has 7 heteroatoms. The molecule has 0 radical (unpaired) electrons. The number of nitrogens with two attached hydrogens (primary N) is 1. The molecule has 4 rings (SSSR count). The number of benzene rings is 3. The normalized spacial score (nSPS) is 11.2. The molecule has 0 saturated carbocycles. The molecule has 180 valence electrons. The van der Waals surface area contributed by atoms with Crippen LogP contribution in [-0.4, -0.2) is 25.2 Å². The number of pyridine rings is 1. The van der Waals surface area contributed by atoms with Gasteiger partial charge in [-0.3, -0.25) is 9.88 Å². The number of nitrogens with zero attached hydrogens (tertiary/aromatic N) is 2. The van der Waals surface area contributed by atoms with E-state index in [-0.39, 0.29) is 5.41 Å². The number of amides is 2. The minimum absolute atomic E-state index is 0.0152. The van der Waals surface area contributed by atoms with Crippen molar-refractivity contribution in [3.05, 3.63) is 78.5 Å². The lowest BCUT2D eigenvalue weighted by atomic mass is 9.87. The summed E-state index contributed by atoms with van der Waals surface area (Å²) in [6.07, 6.45) is 1.67. The summed E-state index contributed by atoms with van der Waals surface area (Å²) < 4.78 is 16.9. The van der Waals surface area contributed by atoms with Crippen LogP contribution < -0.4 is 24.8 Å². The first-order valence-electron chi connectivity index (χ1n) is 11.2. The fourth-order valence-corrected chi connectivity index (χ4v) is 3.84. The standard InChI is InChI=1S/C28H29N3O4/c1-28(2,3)18-6-8-19(9-7-18)31(27(29)32)20-10-12-21(13-11-20)35-24-14-15-30-23-17-26(34-5)25(33-4)16-22(23)24/h6-17H,1-5H3,(H2,29,32). The van der Waals surface area contributed by atoms with Gasteiger partial charge in [0.15, 0.2) is 11.5 Å². The molecule has 3 aromatic carbocycles. The van der Waals surface area contributed by atoms with E-state index in [1.165, 1.54) is 10.5 Å². The van der Waals surface area contributed by atoms with Gasteiger partial charge in [0.05, 0.1) is 31.1 Å². The van der Waals surface area contributed by atoms with Gasteiger partial charge in [-0.15, -0.1) is 0 Å². The molecule has 0 saturated heterocycles. The molecule has 0 aliphatic heterocycles. The largest absolute Gasteiger partial charge is 0.493 e. The second kappa shape index (κ2) is 9.54. The molecule has 1 aromatic heterocycles. The summed E-state index contributed by atoms with van der Waals surface area (Å²) in [4.78, 5) is 18.2. The number of aromatic nitrogens is 1. The van der Waals surface area contributed by atoms with Crippen molar-refractivity contribution in [3.63, 3.8) is 0 Å². The molecule has 0 atom stereocenters. The second-order valence-electron chi connectivity index (χ2n) is 9.10. The Morgan fingerprint density at radius 2 is 1.40 bits per heavy atom. The predicted octanol–water partition coefficient (Wildman–Crippen LogP) is 6.56. The van der Waals surface area contributed by atoms with E-state index < -0.39 is 6.03 Å². The fourth-order valence-electron chi connectivity index (χ4n) is 3.84. The molecule has 1 heterocycles. The van der Waals surface area contributed by atoms with E-state index in [0.717, 1.165) is 10.9 Å². The number of ether oxygens (including phenoxy) is 3. The number of hydrogen-bond acceptors (Lipinski definition) is 5. The lowest BCUT2D eigenvalue weighted by molar-refractivity contribution is 0.256. The average Bonchev–Trinajstić information content (AvgIpc) is 2.84. The minimum atomic E-state index is -0.566. The summed E-state index contributed by atoms with van der Waals surface area (Å²) in [5.74, 6) is 2.40. The van der Waals surface area contributed by atoms with Gasteiger partial charge in [0.25, 0.3) is 0 Å². The number of carbonyl (C=O) groups is 1. The molecule has 7 nitrogen and oxygen atoms in total. The van der Waals surface area contributed by atoms with E-state index in [2.05, 4.69) is 25.8 Å². The van der Waals surface area contributed by atoms with Crippen molar-refractivity contribution in [3.8, 4) is 23.0 Å². The first-order valence-corrected chi connectivity index (χ1v) is 11.2. The first-order chi connectivity index (χ1) is 16.7. The quantitative estimate of drug-likeness (QED) is 0.344. The topological polar surface area (TPSA) is 86.9 Å². The van der Waals surface area contributed by atoms with Crippen molar-refractivity contribution in [1.82, 2.24) is 4.98 Å². The Balaban J connectivity index is 1.62. The highest BCUT2D eigenvalue weighted by Crippen LogP contribution is 2.37. The maximum absolute atomic E-state index is 12.3. The van der Waals surface area contributed by atoms with Crippen molar-refractivity contribution in [1.29, 1.82) is 0 Å². The van der Waals surface area contributed by atoms with Crippen LogP contribution in [0.4, 0.5) is 16.2 Å². The molecule has 2 N–H and O–H groups in total. The summed E-state index contributed by atoms with van der Waals surface area (Å²) in [7, 11) is 3.17. The Bertz CT molecular complexity index is 1340. The number of methoxy groups -OCH3 is 2. The van der Waals surface area contributed by atoms with Crippen molar-refractivity contribution in [2.45, 2.75) is 26.2 Å². The van der Waals surface area contributed by atoms with E-state index in [0.29, 0.717) is 34.4 Å². The van der Waals surface area contributed by atoms with Crippen LogP contribution in [0.1, 0.15) is 26.3 Å². The number of primary amides is 1. The lowest BCUT2D eigenvalue weighted by Crippen LogP contribution is -2.31. The number of fused-ring (bicyclic) bond motifs is 1. The van der Waals surface area contributed by atoms with Crippen LogP contribution in [0.3, 0.4) is 0 Å². The molecule has 0 bridgehead atoms. The third kappa shape index (κ3) is 4.99. The number of anilines is 2. The molecule has 0 spiro atoms. The van der Waals surface area contributed by atoms with Gasteiger partial charge in [-0.25, -0.2) is 4.79 Å². The maximum atomic E-state index is 12.3. The van der Waals surface area contributed by atoms with Crippen LogP contribution in [0.15, 0.2) is 72.9 Å². The lowest BCUT2D eigenvalue weighted by Gasteiger charge is -2.23. The van der Waals surface area contributed by atoms with E-state index in [9.17, 15) is 4.79 Å². The highest BCUT2D eigenvalue weighted by Gasteiger charge is 2.18. The van der Waals surface area contributed by atoms with E-state index >= 15 is 0 Å². The van der Waals surface area contributed by atoms with Crippen LogP contribution in [0.25, 0.3) is 10.9 Å². The Kier molecular flexibility index (Phi) is 6.51. The smallest absolute Gasteiger partial charge is 0.323 e. The molecule has 35 heavy (non-hydrogen) atoms. The Morgan fingerprint density at radius 1 is 0.829 bits per heavy atom. The number of rotatable bonds is 6. The summed E-state index contributed by atoms with van der Waals surface area (Å²) in [6, 6.07) is 19.9. The number of urea groups is 1. The van der Waals surface area contributed by atoms with Crippen LogP contribution in [-0.2, 0) is 5.41 Å². The Hall–Kier alpha value is -4.26. The molecule has 0 aliphatic carbocycles. The van der Waals surface area contributed by atoms with E-state index in [1.807, 2.05) is 30.3 Å². The van der Waals surface area contributed by atoms with Gasteiger partial charge in [-0.05, 0) is 59.5 Å². The molecule has 0 aliphatic rings. The highest BCUT2D eigenvalue weighted by molar-refractivity contribution is 5.98. The molecule has 4 aromatic rings. The van der Waals surface area contributed by atoms with Crippen molar-refractivity contribution in [2.24, 2.45) is 5.73 Å². The van der Waals surface area contributed by atoms with Crippen molar-refractivity contribution in [2.75, 3.05) is 19.1 Å². The zero-order valence-corrected chi connectivity index (χ0v) is 20.5. The third-order valence-corrected chi connectivity index (χ3v) is 5.74. The van der Waals surface area contributed by atoms with Crippen LogP contribution in [0.5, 0.6) is 23.0 Å². The molecular formula is C28H29N3O4. The van der Waals surface area contributed by atoms with Gasteiger partial charge in [-0.2, -0.15) is 0 Å². The third-order valence-electron chi connectivity index (χ3n) is 5.74. The average molecular weight is 472 g/mol. The zero-order valence-electron chi connectivity index (χ0n) is 20.5. The zero-order chi connectivity index (χ0) is 25.2. The van der Waals surface area contributed by atoms with Gasteiger partial charge >= 0.3 is 6.03 Å². The van der Waals surface area contributed by atoms with Crippen LogP contribution in [0, 0.1) is 0 Å². The van der Waals surface area contributed by atoms with Crippen LogP contribution in [0.2, 0.25) is 0 Å². The van der Waals surface area contributed by atoms with Crippen LogP contribution >= 0.6 is 0 Å². The minimum Gasteiger partial charge on any atom is -0.493 e. The van der Waals surface area contributed by atoms with Crippen molar-refractivity contribution < 1.29 is 19.0 Å². The second-order valence-corrected chi connectivity index (χ2v) is 9.10. The summed E-state index contributed by atoms with van der Waals surface area (Å²) in [5.41, 5.74) is 8.97. The number of hydrogen-bond donors (Lipinski definition) is 1. The van der Waals surface area contributed by atoms with Gasteiger partial charge in [-0.1, -0.05) is 32.9 Å². The summed E-state index contributed by atoms with van der Waals surface area (Å²) in [5, 5.41) is 0.784. The predicted molar refractivity (Wildman–Crippen MR) is 138 cm³/mol. The van der Waals surface area contributed by atoms with Gasteiger partial charge < -0.3 is 19.9 Å². The van der Waals surface area contributed by atoms with E-state index in [1.54, 1.807) is 56.8 Å². The maximum Gasteiger partial charge on any atom is 0.323 e. The molecule has 0 unspecified atom stereocenters. The van der Waals surface area contributed by atoms with Crippen molar-refractivity contribution >= 4 is 28.3 Å². The fraction of sp³-hybridized carbons (Fsp3) is 0.214. The molecule has 0 fully saturated rings. The Morgan fingerprint density at radius 3 is 1.94 bits per heavy atom. The summed E-state index contributed by atoms with van der Waals surface area (Å²) >= 11 is 0. The first kappa shape index (κ1) is 23.9. The molecule has 2 amide bonds. The summed E-state index contributed by atoms with van der Waals surface area (Å²) in [6.45, 7) is 6.43. The molecular weight excluding hydrogens is 442 g/mol. The highest BCUT2D eigenvalue weighted by atomic mass is 16.5. The van der Waals surface area contributed by atoms with E-state index in [4.69, 9.17) is 19.9 Å². The Labute approximate surface area is 205 Å². The van der Waals surface area contributed by atoms with Gasteiger partial charge in [0.2, 0.25) is 0 Å².